The van der Waals surface area contributed by atoms with Crippen molar-refractivity contribution < 1.29 is 22.1 Å². The van der Waals surface area contributed by atoms with E-state index in [1.807, 2.05) is 6.07 Å². The molecule has 0 aliphatic carbocycles. The van der Waals surface area contributed by atoms with E-state index in [0.29, 0.717) is 16.8 Å². The number of ether oxygens (including phenoxy) is 1. The first kappa shape index (κ1) is 14.9. The Morgan fingerprint density at radius 1 is 1.17 bits per heavy atom. The topological polar surface area (TPSA) is 105 Å². The fourth-order valence-electron chi connectivity index (χ4n) is 2.02. The van der Waals surface area contributed by atoms with Crippen molar-refractivity contribution in [3.05, 3.63) is 53.6 Å². The lowest BCUT2D eigenvalue weighted by atomic mass is 10.1. The van der Waals surface area contributed by atoms with Gasteiger partial charge in [-0.15, -0.1) is 0 Å². The number of nitrogens with zero attached hydrogens (tertiary/aromatic N) is 1. The van der Waals surface area contributed by atoms with Gasteiger partial charge in [0.1, 0.15) is 17.3 Å². The lowest BCUT2D eigenvalue weighted by molar-refractivity contribution is 0.151. The first-order chi connectivity index (χ1) is 11.0. The zero-order valence-corrected chi connectivity index (χ0v) is 12.5. The molecule has 0 saturated carbocycles. The van der Waals surface area contributed by atoms with E-state index >= 15 is 0 Å². The molecule has 7 nitrogen and oxygen atoms in total. The third kappa shape index (κ3) is 3.09. The van der Waals surface area contributed by atoms with Crippen molar-refractivity contribution in [1.29, 1.82) is 5.26 Å². The van der Waals surface area contributed by atoms with E-state index in [4.69, 9.17) is 14.2 Å². The highest BCUT2D eigenvalue weighted by Gasteiger charge is 2.20. The normalized spacial score (nSPS) is 13.3. The molecule has 0 radical (unpaired) electrons. The fourth-order valence-corrected chi connectivity index (χ4v) is 2.95. The summed E-state index contributed by atoms with van der Waals surface area (Å²) in [5, 5.41) is 11.2. The number of amides is 1. The number of hydrogen-bond donors (Lipinski definition) is 1. The number of nitriles is 1. The lowest BCUT2D eigenvalue weighted by Gasteiger charge is -2.18. The van der Waals surface area contributed by atoms with Gasteiger partial charge in [-0.25, -0.2) is 4.79 Å². The first-order valence-corrected chi connectivity index (χ1v) is 7.90. The van der Waals surface area contributed by atoms with Crippen molar-refractivity contribution in [1.82, 2.24) is 0 Å². The zero-order valence-electron chi connectivity index (χ0n) is 11.6. The smallest absolute Gasteiger partial charge is 0.411 e. The van der Waals surface area contributed by atoms with Gasteiger partial charge in [-0.2, -0.15) is 13.7 Å². The number of cyclic esters (lactones) is 1. The highest BCUT2D eigenvalue weighted by atomic mass is 32.2. The van der Waals surface area contributed by atoms with Crippen molar-refractivity contribution in [3.8, 4) is 11.8 Å². The Morgan fingerprint density at radius 3 is 2.61 bits per heavy atom. The van der Waals surface area contributed by atoms with Crippen LogP contribution >= 0.6 is 0 Å². The molecule has 1 amide bonds. The van der Waals surface area contributed by atoms with Crippen molar-refractivity contribution in [2.24, 2.45) is 0 Å². The van der Waals surface area contributed by atoms with Crippen LogP contribution in [0.3, 0.4) is 0 Å². The third-order valence-corrected chi connectivity index (χ3v) is 4.41. The SMILES string of the molecule is N#Cc1ccc(S(=O)(=O)Oc2ccc3c(c2)COC(=O)N3)cc1. The fraction of sp³-hybridized carbons (Fsp3) is 0.0667. The van der Waals surface area contributed by atoms with Crippen LogP contribution in [0.1, 0.15) is 11.1 Å². The summed E-state index contributed by atoms with van der Waals surface area (Å²) < 4.78 is 34.3. The number of anilines is 1. The summed E-state index contributed by atoms with van der Waals surface area (Å²) in [6, 6.07) is 11.8. The Labute approximate surface area is 132 Å². The van der Waals surface area contributed by atoms with E-state index < -0.39 is 16.2 Å². The van der Waals surface area contributed by atoms with Crippen LogP contribution < -0.4 is 9.50 Å². The predicted molar refractivity (Wildman–Crippen MR) is 79.2 cm³/mol. The molecule has 2 aromatic rings. The number of hydrogen-bond acceptors (Lipinski definition) is 6. The molecule has 1 aliphatic heterocycles. The summed E-state index contributed by atoms with van der Waals surface area (Å²) in [4.78, 5) is 11.0. The standard InChI is InChI=1S/C15H10N2O5S/c16-8-10-1-4-13(5-2-10)23(19,20)22-12-3-6-14-11(7-12)9-21-15(18)17-14/h1-7H,9H2,(H,17,18). The molecule has 3 rings (SSSR count). The van der Waals surface area contributed by atoms with Gasteiger partial charge in [0.15, 0.2) is 0 Å². The summed E-state index contributed by atoms with van der Waals surface area (Å²) in [5.74, 6) is 0.104. The van der Waals surface area contributed by atoms with E-state index in [2.05, 4.69) is 5.32 Å². The molecule has 1 N–H and O–H groups in total. The Hall–Kier alpha value is -3.05. The number of nitrogens with one attached hydrogen (secondary N) is 1. The number of rotatable bonds is 3. The minimum absolute atomic E-state index is 0.0370. The molecular formula is C15H10N2O5S. The molecular weight excluding hydrogens is 320 g/mol. The molecule has 0 bridgehead atoms. The van der Waals surface area contributed by atoms with Gasteiger partial charge < -0.3 is 8.92 Å². The Balaban J connectivity index is 1.86. The highest BCUT2D eigenvalue weighted by Crippen LogP contribution is 2.28. The maximum Gasteiger partial charge on any atom is 0.411 e. The number of carbonyl (C=O) groups excluding carboxylic acids is 1. The second-order valence-corrected chi connectivity index (χ2v) is 6.24. The quantitative estimate of drug-likeness (QED) is 0.866. The van der Waals surface area contributed by atoms with E-state index in [1.54, 1.807) is 6.07 Å². The Morgan fingerprint density at radius 2 is 1.91 bits per heavy atom. The number of benzene rings is 2. The van der Waals surface area contributed by atoms with Crippen LogP contribution in [0.5, 0.6) is 5.75 Å². The molecule has 0 saturated heterocycles. The van der Waals surface area contributed by atoms with Gasteiger partial charge in [0, 0.05) is 5.56 Å². The minimum atomic E-state index is -4.01. The van der Waals surface area contributed by atoms with Crippen LogP contribution in [0.25, 0.3) is 0 Å². The molecule has 0 spiro atoms. The van der Waals surface area contributed by atoms with Crippen LogP contribution in [0, 0.1) is 11.3 Å². The van der Waals surface area contributed by atoms with Gasteiger partial charge in [0.05, 0.1) is 17.3 Å². The largest absolute Gasteiger partial charge is 0.444 e. The van der Waals surface area contributed by atoms with E-state index in [1.165, 1.54) is 36.4 Å². The summed E-state index contributed by atoms with van der Waals surface area (Å²) in [5.41, 5.74) is 1.51. The van der Waals surface area contributed by atoms with Gasteiger partial charge in [0.25, 0.3) is 0 Å². The molecule has 2 aromatic carbocycles. The molecule has 23 heavy (non-hydrogen) atoms. The van der Waals surface area contributed by atoms with Crippen LogP contribution in [-0.2, 0) is 21.5 Å². The van der Waals surface area contributed by atoms with E-state index in [0.717, 1.165) is 0 Å². The molecule has 0 fully saturated rings. The Kier molecular flexibility index (Phi) is 3.64. The van der Waals surface area contributed by atoms with Gasteiger partial charge in [0.2, 0.25) is 0 Å². The summed E-state index contributed by atoms with van der Waals surface area (Å²) in [6.45, 7) is 0.0370. The average Bonchev–Trinajstić information content (AvgIpc) is 2.55. The maximum absolute atomic E-state index is 12.2. The van der Waals surface area contributed by atoms with Crippen LogP contribution in [0.4, 0.5) is 10.5 Å². The van der Waals surface area contributed by atoms with Crippen molar-refractivity contribution >= 4 is 21.9 Å². The molecule has 0 unspecified atom stereocenters. The number of carbonyl (C=O) groups is 1. The van der Waals surface area contributed by atoms with Crippen LogP contribution in [-0.4, -0.2) is 14.5 Å². The minimum Gasteiger partial charge on any atom is -0.444 e. The first-order valence-electron chi connectivity index (χ1n) is 6.49. The van der Waals surface area contributed by atoms with Gasteiger partial charge in [-0.3, -0.25) is 5.32 Å². The van der Waals surface area contributed by atoms with Crippen molar-refractivity contribution in [2.75, 3.05) is 5.32 Å². The lowest BCUT2D eigenvalue weighted by Crippen LogP contribution is -2.20. The molecule has 1 heterocycles. The van der Waals surface area contributed by atoms with Crippen LogP contribution in [0.2, 0.25) is 0 Å². The van der Waals surface area contributed by atoms with Crippen molar-refractivity contribution in [2.45, 2.75) is 11.5 Å². The van der Waals surface area contributed by atoms with Crippen LogP contribution in [0.15, 0.2) is 47.4 Å². The third-order valence-electron chi connectivity index (χ3n) is 3.15. The molecule has 8 heteroatoms. The summed E-state index contributed by atoms with van der Waals surface area (Å²) in [7, 11) is -4.01. The predicted octanol–water partition coefficient (Wildman–Crippen LogP) is 2.39. The maximum atomic E-state index is 12.2. The van der Waals surface area contributed by atoms with E-state index in [9.17, 15) is 13.2 Å². The summed E-state index contributed by atoms with van der Waals surface area (Å²) in [6.07, 6.45) is -0.559. The average molecular weight is 330 g/mol. The molecule has 0 atom stereocenters. The van der Waals surface area contributed by atoms with Crippen molar-refractivity contribution in [3.63, 3.8) is 0 Å². The van der Waals surface area contributed by atoms with Gasteiger partial charge >= 0.3 is 16.2 Å². The van der Waals surface area contributed by atoms with E-state index in [-0.39, 0.29) is 17.3 Å². The Bertz CT molecular complexity index is 914. The number of fused-ring (bicyclic) bond motifs is 1. The van der Waals surface area contributed by atoms with Gasteiger partial charge in [-0.1, -0.05) is 0 Å². The molecule has 116 valence electrons. The molecule has 1 aliphatic rings. The highest BCUT2D eigenvalue weighted by molar-refractivity contribution is 7.87. The zero-order chi connectivity index (χ0) is 16.4. The monoisotopic (exact) mass is 330 g/mol. The second kappa shape index (κ2) is 5.62. The van der Waals surface area contributed by atoms with Gasteiger partial charge in [-0.05, 0) is 42.5 Å². The molecule has 0 aromatic heterocycles. The second-order valence-electron chi connectivity index (χ2n) is 4.69. The summed E-state index contributed by atoms with van der Waals surface area (Å²) >= 11 is 0.